The number of aliphatic hydroxyl groups excluding tert-OH is 1. The molecule has 0 spiro atoms. The lowest BCUT2D eigenvalue weighted by Gasteiger charge is -2.15. The zero-order valence-electron chi connectivity index (χ0n) is 10.7. The summed E-state index contributed by atoms with van der Waals surface area (Å²) in [6.45, 7) is 0.228. The van der Waals surface area contributed by atoms with E-state index in [0.717, 1.165) is 5.69 Å². The van der Waals surface area contributed by atoms with E-state index in [-0.39, 0.29) is 12.6 Å². The minimum absolute atomic E-state index is 0.0623. The number of urea groups is 1. The highest BCUT2D eigenvalue weighted by atomic mass is 16.3. The number of para-hydroxylation sites is 1. The molecule has 6 nitrogen and oxygen atoms in total. The van der Waals surface area contributed by atoms with Gasteiger partial charge in [0, 0.05) is 13.6 Å². The number of rotatable bonds is 4. The minimum atomic E-state index is -0.276. The Balaban J connectivity index is 2.04. The molecular weight excluding hydrogens is 244 g/mol. The summed E-state index contributed by atoms with van der Waals surface area (Å²) in [4.78, 5) is 13.1. The van der Waals surface area contributed by atoms with E-state index in [9.17, 15) is 4.79 Å². The summed E-state index contributed by atoms with van der Waals surface area (Å²) in [5, 5.41) is 15.7. The molecular formula is C13H16N4O2. The van der Waals surface area contributed by atoms with Gasteiger partial charge in [0.15, 0.2) is 0 Å². The quantitative estimate of drug-likeness (QED) is 0.871. The highest BCUT2D eigenvalue weighted by molar-refractivity contribution is 5.88. The van der Waals surface area contributed by atoms with Crippen molar-refractivity contribution in [2.75, 3.05) is 25.5 Å². The summed E-state index contributed by atoms with van der Waals surface area (Å²) in [6.07, 6.45) is 3.32. The van der Waals surface area contributed by atoms with Crippen molar-refractivity contribution in [2.24, 2.45) is 0 Å². The van der Waals surface area contributed by atoms with Gasteiger partial charge in [-0.05, 0) is 12.1 Å². The van der Waals surface area contributed by atoms with Gasteiger partial charge in [0.1, 0.15) is 0 Å². The van der Waals surface area contributed by atoms with E-state index < -0.39 is 0 Å². The molecule has 1 aromatic carbocycles. The summed E-state index contributed by atoms with van der Waals surface area (Å²) in [5.74, 6) is 0. The summed E-state index contributed by atoms with van der Waals surface area (Å²) < 4.78 is 1.68. The van der Waals surface area contributed by atoms with Gasteiger partial charge in [-0.15, -0.1) is 0 Å². The number of likely N-dealkylation sites (N-methyl/N-ethyl adjacent to an activating group) is 1. The van der Waals surface area contributed by atoms with Crippen molar-refractivity contribution in [2.45, 2.75) is 0 Å². The van der Waals surface area contributed by atoms with Gasteiger partial charge < -0.3 is 15.3 Å². The molecule has 19 heavy (non-hydrogen) atoms. The molecule has 0 radical (unpaired) electrons. The molecule has 0 aliphatic carbocycles. The van der Waals surface area contributed by atoms with E-state index in [1.165, 1.54) is 4.90 Å². The fourth-order valence-corrected chi connectivity index (χ4v) is 1.58. The van der Waals surface area contributed by atoms with Gasteiger partial charge in [-0.2, -0.15) is 5.10 Å². The second kappa shape index (κ2) is 6.01. The molecule has 0 atom stereocenters. The second-order valence-electron chi connectivity index (χ2n) is 4.08. The molecule has 2 rings (SSSR count). The number of carbonyl (C=O) groups excluding carboxylic acids is 1. The zero-order chi connectivity index (χ0) is 13.7. The van der Waals surface area contributed by atoms with Gasteiger partial charge in [-0.1, -0.05) is 18.2 Å². The Hall–Kier alpha value is -2.34. The van der Waals surface area contributed by atoms with Crippen LogP contribution in [-0.2, 0) is 0 Å². The Morgan fingerprint density at radius 2 is 2.16 bits per heavy atom. The largest absolute Gasteiger partial charge is 0.395 e. The first-order valence-electron chi connectivity index (χ1n) is 5.94. The predicted octanol–water partition coefficient (Wildman–Crippen LogP) is 1.33. The highest BCUT2D eigenvalue weighted by Crippen LogP contribution is 2.11. The maximum Gasteiger partial charge on any atom is 0.321 e. The molecule has 1 heterocycles. The van der Waals surface area contributed by atoms with E-state index >= 15 is 0 Å². The van der Waals surface area contributed by atoms with Crippen molar-refractivity contribution in [1.82, 2.24) is 14.7 Å². The molecule has 0 aliphatic heterocycles. The van der Waals surface area contributed by atoms with Gasteiger partial charge in [-0.25, -0.2) is 9.48 Å². The van der Waals surface area contributed by atoms with E-state index in [0.29, 0.717) is 12.2 Å². The van der Waals surface area contributed by atoms with Gasteiger partial charge in [0.25, 0.3) is 0 Å². The predicted molar refractivity (Wildman–Crippen MR) is 72.3 cm³/mol. The van der Waals surface area contributed by atoms with E-state index in [2.05, 4.69) is 10.4 Å². The van der Waals surface area contributed by atoms with Crippen LogP contribution in [0, 0.1) is 0 Å². The number of nitrogens with one attached hydrogen (secondary N) is 1. The van der Waals surface area contributed by atoms with Crippen molar-refractivity contribution < 1.29 is 9.90 Å². The molecule has 6 heteroatoms. The van der Waals surface area contributed by atoms with Crippen LogP contribution in [0.15, 0.2) is 42.7 Å². The molecule has 100 valence electrons. The Kier molecular flexibility index (Phi) is 4.15. The molecule has 0 bridgehead atoms. The van der Waals surface area contributed by atoms with Crippen LogP contribution in [0.1, 0.15) is 0 Å². The number of benzene rings is 1. The first-order chi connectivity index (χ1) is 9.20. The third kappa shape index (κ3) is 3.32. The van der Waals surface area contributed by atoms with Crippen LogP contribution < -0.4 is 5.32 Å². The molecule has 2 N–H and O–H groups in total. The minimum Gasteiger partial charge on any atom is -0.395 e. The van der Waals surface area contributed by atoms with Crippen molar-refractivity contribution in [3.63, 3.8) is 0 Å². The number of aromatic nitrogens is 2. The standard InChI is InChI=1S/C13H16N4O2/c1-16(7-8-18)13(19)15-11-9-14-17(10-11)12-5-3-2-4-6-12/h2-6,9-10,18H,7-8H2,1H3,(H,15,19). The molecule has 0 unspecified atom stereocenters. The van der Waals surface area contributed by atoms with E-state index in [1.54, 1.807) is 24.1 Å². The summed E-state index contributed by atoms with van der Waals surface area (Å²) in [6, 6.07) is 9.35. The monoisotopic (exact) mass is 260 g/mol. The molecule has 0 fully saturated rings. The van der Waals surface area contributed by atoms with Crippen LogP contribution >= 0.6 is 0 Å². The number of hydrogen-bond acceptors (Lipinski definition) is 3. The van der Waals surface area contributed by atoms with Crippen LogP contribution in [-0.4, -0.2) is 46.0 Å². The first-order valence-corrected chi connectivity index (χ1v) is 5.94. The Morgan fingerprint density at radius 3 is 2.84 bits per heavy atom. The molecule has 2 aromatic rings. The van der Waals surface area contributed by atoms with Crippen LogP contribution in [0.3, 0.4) is 0 Å². The lowest BCUT2D eigenvalue weighted by Crippen LogP contribution is -2.33. The second-order valence-corrected chi connectivity index (χ2v) is 4.08. The third-order valence-electron chi connectivity index (χ3n) is 2.64. The molecule has 0 saturated carbocycles. The fourth-order valence-electron chi connectivity index (χ4n) is 1.58. The average molecular weight is 260 g/mol. The summed E-state index contributed by atoms with van der Waals surface area (Å²) in [5.41, 5.74) is 1.53. The zero-order valence-corrected chi connectivity index (χ0v) is 10.7. The number of anilines is 1. The van der Waals surface area contributed by atoms with Crippen molar-refractivity contribution >= 4 is 11.7 Å². The topological polar surface area (TPSA) is 70.4 Å². The maximum absolute atomic E-state index is 11.7. The first kappa shape index (κ1) is 13.1. The van der Waals surface area contributed by atoms with Crippen molar-refractivity contribution in [1.29, 1.82) is 0 Å². The Morgan fingerprint density at radius 1 is 1.42 bits per heavy atom. The van der Waals surface area contributed by atoms with Gasteiger partial charge in [0.05, 0.1) is 30.4 Å². The average Bonchev–Trinajstić information content (AvgIpc) is 2.88. The van der Waals surface area contributed by atoms with Crippen molar-refractivity contribution in [3.8, 4) is 5.69 Å². The Bertz CT molecular complexity index is 539. The van der Waals surface area contributed by atoms with Gasteiger partial charge >= 0.3 is 6.03 Å². The number of carbonyl (C=O) groups is 1. The van der Waals surface area contributed by atoms with Crippen LogP contribution in [0.5, 0.6) is 0 Å². The molecule has 0 aliphatic rings. The maximum atomic E-state index is 11.7. The van der Waals surface area contributed by atoms with Gasteiger partial charge in [0.2, 0.25) is 0 Å². The van der Waals surface area contributed by atoms with E-state index in [1.807, 2.05) is 30.3 Å². The number of amides is 2. The normalized spacial score (nSPS) is 10.2. The molecule has 0 saturated heterocycles. The van der Waals surface area contributed by atoms with Crippen molar-refractivity contribution in [3.05, 3.63) is 42.7 Å². The van der Waals surface area contributed by atoms with E-state index in [4.69, 9.17) is 5.11 Å². The molecule has 1 aromatic heterocycles. The van der Waals surface area contributed by atoms with Crippen LogP contribution in [0.4, 0.5) is 10.5 Å². The van der Waals surface area contributed by atoms with Gasteiger partial charge in [-0.3, -0.25) is 0 Å². The Labute approximate surface area is 111 Å². The summed E-state index contributed by atoms with van der Waals surface area (Å²) >= 11 is 0. The lowest BCUT2D eigenvalue weighted by atomic mass is 10.3. The molecule has 2 amide bonds. The third-order valence-corrected chi connectivity index (χ3v) is 2.64. The smallest absolute Gasteiger partial charge is 0.321 e. The van der Waals surface area contributed by atoms with Crippen LogP contribution in [0.2, 0.25) is 0 Å². The number of nitrogens with zero attached hydrogens (tertiary/aromatic N) is 3. The number of hydrogen-bond donors (Lipinski definition) is 2. The number of aliphatic hydroxyl groups is 1. The fraction of sp³-hybridized carbons (Fsp3) is 0.231. The SMILES string of the molecule is CN(CCO)C(=O)Nc1cnn(-c2ccccc2)c1. The van der Waals surface area contributed by atoms with Crippen LogP contribution in [0.25, 0.3) is 5.69 Å². The highest BCUT2D eigenvalue weighted by Gasteiger charge is 2.09. The lowest BCUT2D eigenvalue weighted by molar-refractivity contribution is 0.202. The summed E-state index contributed by atoms with van der Waals surface area (Å²) in [7, 11) is 1.62.